The van der Waals surface area contributed by atoms with Crippen molar-refractivity contribution >= 4 is 5.82 Å². The lowest BCUT2D eigenvalue weighted by molar-refractivity contribution is 0.388. The van der Waals surface area contributed by atoms with Crippen molar-refractivity contribution in [2.45, 2.75) is 18.9 Å². The molecule has 0 amide bonds. The van der Waals surface area contributed by atoms with Crippen LogP contribution in [0.1, 0.15) is 24.4 Å². The highest BCUT2D eigenvalue weighted by Gasteiger charge is 2.29. The fourth-order valence-electron chi connectivity index (χ4n) is 2.90. The largest absolute Gasteiger partial charge is 0.497 e. The van der Waals surface area contributed by atoms with Gasteiger partial charge in [-0.1, -0.05) is 0 Å². The van der Waals surface area contributed by atoms with Gasteiger partial charge in [-0.2, -0.15) is 0 Å². The van der Waals surface area contributed by atoms with Gasteiger partial charge in [-0.05, 0) is 25.0 Å². The fraction of sp³-hybridized carbons (Fsp3) is 0.375. The van der Waals surface area contributed by atoms with E-state index >= 15 is 0 Å². The zero-order chi connectivity index (χ0) is 14.7. The molecule has 2 aromatic rings. The van der Waals surface area contributed by atoms with Crippen molar-refractivity contribution in [1.29, 1.82) is 0 Å². The predicted molar refractivity (Wildman–Crippen MR) is 80.9 cm³/mol. The molecule has 1 aromatic heterocycles. The van der Waals surface area contributed by atoms with E-state index in [0.29, 0.717) is 0 Å². The van der Waals surface area contributed by atoms with Crippen molar-refractivity contribution in [3.8, 4) is 11.5 Å². The maximum Gasteiger partial charge on any atom is 0.147 e. The Balaban J connectivity index is 1.95. The van der Waals surface area contributed by atoms with Crippen LogP contribution in [0.4, 0.5) is 5.82 Å². The Bertz CT molecular complexity index is 604. The van der Waals surface area contributed by atoms with Crippen LogP contribution in [0.25, 0.3) is 0 Å². The summed E-state index contributed by atoms with van der Waals surface area (Å²) in [7, 11) is 3.36. The minimum absolute atomic E-state index is 0.266. The van der Waals surface area contributed by atoms with Crippen molar-refractivity contribution in [1.82, 2.24) is 9.97 Å². The summed E-state index contributed by atoms with van der Waals surface area (Å²) in [5.41, 5.74) is 1.17. The zero-order valence-electron chi connectivity index (χ0n) is 12.3. The van der Waals surface area contributed by atoms with Crippen LogP contribution in [0, 0.1) is 0 Å². The lowest BCUT2D eigenvalue weighted by Crippen LogP contribution is -2.24. The first-order valence-electron chi connectivity index (χ1n) is 7.08. The number of benzene rings is 1. The van der Waals surface area contributed by atoms with Crippen LogP contribution in [-0.4, -0.2) is 30.7 Å². The Morgan fingerprint density at radius 3 is 2.81 bits per heavy atom. The molecule has 110 valence electrons. The number of ether oxygens (including phenoxy) is 2. The maximum absolute atomic E-state index is 5.54. The first-order valence-corrected chi connectivity index (χ1v) is 7.08. The van der Waals surface area contributed by atoms with Crippen molar-refractivity contribution < 1.29 is 9.47 Å². The van der Waals surface area contributed by atoms with Crippen LogP contribution in [0.2, 0.25) is 0 Å². The van der Waals surface area contributed by atoms with Gasteiger partial charge < -0.3 is 14.4 Å². The molecule has 3 rings (SSSR count). The average Bonchev–Trinajstić information content (AvgIpc) is 3.04. The Hall–Kier alpha value is -2.30. The number of aromatic nitrogens is 2. The van der Waals surface area contributed by atoms with E-state index in [1.807, 2.05) is 18.3 Å². The van der Waals surface area contributed by atoms with Gasteiger partial charge in [-0.3, -0.25) is 4.98 Å². The molecule has 0 saturated carbocycles. The Kier molecular flexibility index (Phi) is 3.90. The molecule has 5 nitrogen and oxygen atoms in total. The van der Waals surface area contributed by atoms with Crippen LogP contribution in [0.15, 0.2) is 36.8 Å². The smallest absolute Gasteiger partial charge is 0.147 e. The molecular formula is C16H19N3O2. The van der Waals surface area contributed by atoms with Gasteiger partial charge >= 0.3 is 0 Å². The summed E-state index contributed by atoms with van der Waals surface area (Å²) in [5.74, 6) is 2.58. The van der Waals surface area contributed by atoms with E-state index in [1.54, 1.807) is 26.6 Å². The minimum atomic E-state index is 0.266. The summed E-state index contributed by atoms with van der Waals surface area (Å²) in [5, 5.41) is 0. The first-order chi connectivity index (χ1) is 10.3. The molecule has 1 aliphatic heterocycles. The molecule has 2 heterocycles. The third-order valence-corrected chi connectivity index (χ3v) is 3.90. The summed E-state index contributed by atoms with van der Waals surface area (Å²) in [6.45, 7) is 0.985. The lowest BCUT2D eigenvalue weighted by atomic mass is 10.0. The molecule has 0 unspecified atom stereocenters. The number of methoxy groups -OCH3 is 2. The lowest BCUT2D eigenvalue weighted by Gasteiger charge is -2.27. The van der Waals surface area contributed by atoms with Gasteiger partial charge in [0, 0.05) is 30.6 Å². The molecule has 0 aliphatic carbocycles. The molecule has 0 radical (unpaired) electrons. The van der Waals surface area contributed by atoms with Crippen molar-refractivity contribution in [2.24, 2.45) is 0 Å². The maximum atomic E-state index is 5.54. The Morgan fingerprint density at radius 2 is 2.10 bits per heavy atom. The van der Waals surface area contributed by atoms with Gasteiger partial charge in [0.2, 0.25) is 0 Å². The van der Waals surface area contributed by atoms with Crippen molar-refractivity contribution in [2.75, 3.05) is 25.7 Å². The Morgan fingerprint density at radius 1 is 1.19 bits per heavy atom. The molecule has 0 N–H and O–H groups in total. The van der Waals surface area contributed by atoms with Crippen LogP contribution >= 0.6 is 0 Å². The number of nitrogens with zero attached hydrogens (tertiary/aromatic N) is 3. The molecule has 21 heavy (non-hydrogen) atoms. The van der Waals surface area contributed by atoms with E-state index in [0.717, 1.165) is 36.7 Å². The van der Waals surface area contributed by atoms with Gasteiger partial charge in [-0.25, -0.2) is 4.98 Å². The molecule has 1 atom stereocenters. The van der Waals surface area contributed by atoms with E-state index in [9.17, 15) is 0 Å². The second-order valence-electron chi connectivity index (χ2n) is 5.02. The number of hydrogen-bond donors (Lipinski definition) is 0. The average molecular weight is 285 g/mol. The molecule has 0 bridgehead atoms. The van der Waals surface area contributed by atoms with E-state index in [2.05, 4.69) is 20.9 Å². The van der Waals surface area contributed by atoms with Gasteiger partial charge in [0.1, 0.15) is 17.3 Å². The van der Waals surface area contributed by atoms with Gasteiger partial charge in [0.25, 0.3) is 0 Å². The van der Waals surface area contributed by atoms with Crippen LogP contribution < -0.4 is 14.4 Å². The predicted octanol–water partition coefficient (Wildman–Crippen LogP) is 2.84. The second-order valence-corrected chi connectivity index (χ2v) is 5.02. The van der Waals surface area contributed by atoms with Crippen molar-refractivity contribution in [3.63, 3.8) is 0 Å². The Labute approximate surface area is 124 Å². The molecule has 1 aliphatic rings. The quantitative estimate of drug-likeness (QED) is 0.864. The SMILES string of the molecule is COc1ccc([C@H]2CCCN2c2cnccn2)c(OC)c1. The molecule has 1 fully saturated rings. The second kappa shape index (κ2) is 5.99. The molecular weight excluding hydrogens is 266 g/mol. The van der Waals surface area contributed by atoms with Crippen LogP contribution in [0.5, 0.6) is 11.5 Å². The topological polar surface area (TPSA) is 47.5 Å². The van der Waals surface area contributed by atoms with Gasteiger partial charge in [0.05, 0.1) is 26.5 Å². The highest BCUT2D eigenvalue weighted by Crippen LogP contribution is 2.40. The first kappa shape index (κ1) is 13.7. The molecule has 0 spiro atoms. The minimum Gasteiger partial charge on any atom is -0.497 e. The van der Waals surface area contributed by atoms with Crippen LogP contribution in [0.3, 0.4) is 0 Å². The van der Waals surface area contributed by atoms with Crippen LogP contribution in [-0.2, 0) is 0 Å². The van der Waals surface area contributed by atoms with E-state index < -0.39 is 0 Å². The molecule has 1 saturated heterocycles. The highest BCUT2D eigenvalue weighted by molar-refractivity contribution is 5.49. The van der Waals surface area contributed by atoms with Crippen molar-refractivity contribution in [3.05, 3.63) is 42.4 Å². The monoisotopic (exact) mass is 285 g/mol. The van der Waals surface area contributed by atoms with E-state index in [1.165, 1.54) is 5.56 Å². The summed E-state index contributed by atoms with van der Waals surface area (Å²) < 4.78 is 10.8. The third-order valence-electron chi connectivity index (χ3n) is 3.90. The third kappa shape index (κ3) is 2.63. The fourth-order valence-corrected chi connectivity index (χ4v) is 2.90. The normalized spacial score (nSPS) is 17.8. The molecule has 1 aromatic carbocycles. The zero-order valence-corrected chi connectivity index (χ0v) is 12.3. The summed E-state index contributed by atoms with van der Waals surface area (Å²) >= 11 is 0. The standard InChI is InChI=1S/C16H19N3O2/c1-20-12-5-6-13(15(10-12)21-2)14-4-3-9-19(14)16-11-17-7-8-18-16/h5-8,10-11,14H,3-4,9H2,1-2H3/t14-/m1/s1. The van der Waals surface area contributed by atoms with E-state index in [4.69, 9.17) is 9.47 Å². The summed E-state index contributed by atoms with van der Waals surface area (Å²) in [6.07, 6.45) is 7.46. The summed E-state index contributed by atoms with van der Waals surface area (Å²) in [4.78, 5) is 10.9. The highest BCUT2D eigenvalue weighted by atomic mass is 16.5. The summed E-state index contributed by atoms with van der Waals surface area (Å²) in [6, 6.07) is 6.26. The number of rotatable bonds is 4. The van der Waals surface area contributed by atoms with Gasteiger partial charge in [0.15, 0.2) is 0 Å². The van der Waals surface area contributed by atoms with Gasteiger partial charge in [-0.15, -0.1) is 0 Å². The number of anilines is 1. The number of hydrogen-bond acceptors (Lipinski definition) is 5. The van der Waals surface area contributed by atoms with E-state index in [-0.39, 0.29) is 6.04 Å². The molecule has 5 heteroatoms.